The van der Waals surface area contributed by atoms with Crippen LogP contribution in [0.25, 0.3) is 0 Å². The molecule has 7 nitrogen and oxygen atoms in total. The van der Waals surface area contributed by atoms with Crippen LogP contribution >= 0.6 is 0 Å². The second-order valence-corrected chi connectivity index (χ2v) is 6.23. The van der Waals surface area contributed by atoms with Gasteiger partial charge >= 0.3 is 0 Å². The Morgan fingerprint density at radius 1 is 1.07 bits per heavy atom. The average molecular weight is 378 g/mol. The Balaban J connectivity index is 1.64. The van der Waals surface area contributed by atoms with Crippen LogP contribution in [0.1, 0.15) is 23.9 Å². The van der Waals surface area contributed by atoms with E-state index in [0.29, 0.717) is 19.7 Å². The second-order valence-electron chi connectivity index (χ2n) is 6.23. The van der Waals surface area contributed by atoms with Crippen molar-refractivity contribution in [2.24, 2.45) is 12.0 Å². The van der Waals surface area contributed by atoms with Gasteiger partial charge in [-0.3, -0.25) is 4.68 Å². The minimum absolute atomic E-state index is 0.513. The fourth-order valence-corrected chi connectivity index (χ4v) is 2.66. The number of ether oxygens (including phenoxy) is 1. The molecule has 0 bridgehead atoms. The lowest BCUT2D eigenvalue weighted by molar-refractivity contribution is 0.303. The van der Waals surface area contributed by atoms with Gasteiger partial charge in [0.2, 0.25) is 0 Å². The van der Waals surface area contributed by atoms with E-state index in [2.05, 4.69) is 37.8 Å². The van der Waals surface area contributed by atoms with Gasteiger partial charge in [-0.1, -0.05) is 48.5 Å². The van der Waals surface area contributed by atoms with Crippen LogP contribution in [0.15, 0.2) is 65.9 Å². The maximum Gasteiger partial charge on any atom is 0.191 e. The van der Waals surface area contributed by atoms with E-state index in [1.54, 1.807) is 11.0 Å². The van der Waals surface area contributed by atoms with Crippen LogP contribution in [0.5, 0.6) is 5.75 Å². The zero-order chi connectivity index (χ0) is 19.6. The smallest absolute Gasteiger partial charge is 0.191 e. The second kappa shape index (κ2) is 10.1. The van der Waals surface area contributed by atoms with Gasteiger partial charge in [0.1, 0.15) is 24.5 Å². The van der Waals surface area contributed by atoms with Crippen LogP contribution in [0.2, 0.25) is 0 Å². The van der Waals surface area contributed by atoms with E-state index in [1.807, 2.05) is 56.4 Å². The zero-order valence-electron chi connectivity index (χ0n) is 16.3. The van der Waals surface area contributed by atoms with Crippen molar-refractivity contribution in [3.63, 3.8) is 0 Å². The first-order chi connectivity index (χ1) is 13.8. The Morgan fingerprint density at radius 3 is 2.61 bits per heavy atom. The number of aromatic nitrogens is 3. The fraction of sp³-hybridized carbons (Fsp3) is 0.286. The molecule has 28 heavy (non-hydrogen) atoms. The number of nitrogens with zero attached hydrogens (tertiary/aromatic N) is 4. The minimum atomic E-state index is 0.513. The third-order valence-corrected chi connectivity index (χ3v) is 4.18. The summed E-state index contributed by atoms with van der Waals surface area (Å²) in [6, 6.07) is 18.1. The number of aryl methyl sites for hydroxylation is 1. The van der Waals surface area contributed by atoms with E-state index >= 15 is 0 Å². The van der Waals surface area contributed by atoms with Gasteiger partial charge in [-0.05, 0) is 18.6 Å². The SMILES string of the molecule is CCNC(=NCc1ccccc1OCc1ccccc1)NCc1ncnn1C. The standard InChI is InChI=1S/C21H26N6O/c1-3-22-21(24-14-20-25-16-26-27(20)2)23-13-18-11-7-8-12-19(18)28-15-17-9-5-4-6-10-17/h4-12,16H,3,13-15H2,1-2H3,(H2,22,23,24). The lowest BCUT2D eigenvalue weighted by Gasteiger charge is -2.13. The molecule has 0 atom stereocenters. The van der Waals surface area contributed by atoms with E-state index in [-0.39, 0.29) is 0 Å². The monoisotopic (exact) mass is 378 g/mol. The summed E-state index contributed by atoms with van der Waals surface area (Å²) in [4.78, 5) is 8.91. The molecule has 0 amide bonds. The Hall–Kier alpha value is -3.35. The Bertz CT molecular complexity index is 891. The molecule has 0 aliphatic heterocycles. The molecule has 3 rings (SSSR count). The molecule has 0 fully saturated rings. The predicted molar refractivity (Wildman–Crippen MR) is 110 cm³/mol. The average Bonchev–Trinajstić information content (AvgIpc) is 3.14. The van der Waals surface area contributed by atoms with Gasteiger partial charge in [-0.25, -0.2) is 9.98 Å². The quantitative estimate of drug-likeness (QED) is 0.466. The molecule has 0 unspecified atom stereocenters. The lowest BCUT2D eigenvalue weighted by Crippen LogP contribution is -2.37. The first-order valence-electron chi connectivity index (χ1n) is 9.36. The summed E-state index contributed by atoms with van der Waals surface area (Å²) in [6.45, 7) is 4.41. The summed E-state index contributed by atoms with van der Waals surface area (Å²) < 4.78 is 7.76. The molecule has 2 aromatic carbocycles. The topological polar surface area (TPSA) is 76.4 Å². The van der Waals surface area contributed by atoms with Crippen molar-refractivity contribution in [1.82, 2.24) is 25.4 Å². The van der Waals surface area contributed by atoms with Crippen molar-refractivity contribution in [3.8, 4) is 5.75 Å². The van der Waals surface area contributed by atoms with Crippen LogP contribution in [-0.4, -0.2) is 27.3 Å². The highest BCUT2D eigenvalue weighted by atomic mass is 16.5. The molecular formula is C21H26N6O. The minimum Gasteiger partial charge on any atom is -0.489 e. The highest BCUT2D eigenvalue weighted by molar-refractivity contribution is 5.79. The van der Waals surface area contributed by atoms with Gasteiger partial charge in [-0.15, -0.1) is 0 Å². The molecule has 1 aromatic heterocycles. The Labute approximate surface area is 165 Å². The van der Waals surface area contributed by atoms with E-state index in [1.165, 1.54) is 0 Å². The van der Waals surface area contributed by atoms with Gasteiger partial charge in [0.05, 0.1) is 13.1 Å². The van der Waals surface area contributed by atoms with Gasteiger partial charge in [-0.2, -0.15) is 5.10 Å². The van der Waals surface area contributed by atoms with Crippen molar-refractivity contribution in [2.75, 3.05) is 6.54 Å². The molecule has 0 saturated heterocycles. The third-order valence-electron chi connectivity index (χ3n) is 4.18. The molecule has 3 aromatic rings. The first kappa shape index (κ1) is 19.4. The fourth-order valence-electron chi connectivity index (χ4n) is 2.66. The van der Waals surface area contributed by atoms with E-state index in [4.69, 9.17) is 4.74 Å². The third kappa shape index (κ3) is 5.57. The molecule has 1 heterocycles. The highest BCUT2D eigenvalue weighted by Crippen LogP contribution is 2.20. The summed E-state index contributed by atoms with van der Waals surface area (Å²) in [5.41, 5.74) is 2.17. The van der Waals surface area contributed by atoms with Crippen molar-refractivity contribution in [2.45, 2.75) is 26.6 Å². The van der Waals surface area contributed by atoms with Crippen molar-refractivity contribution in [1.29, 1.82) is 0 Å². The Kier molecular flexibility index (Phi) is 7.01. The molecular weight excluding hydrogens is 352 g/mol. The maximum atomic E-state index is 6.02. The summed E-state index contributed by atoms with van der Waals surface area (Å²) in [7, 11) is 1.87. The number of para-hydroxylation sites is 1. The summed E-state index contributed by atoms with van der Waals surface area (Å²) in [5.74, 6) is 2.42. The van der Waals surface area contributed by atoms with E-state index in [9.17, 15) is 0 Å². The molecule has 0 spiro atoms. The normalized spacial score (nSPS) is 11.3. The van der Waals surface area contributed by atoms with Gasteiger partial charge in [0, 0.05) is 19.2 Å². The van der Waals surface area contributed by atoms with Crippen LogP contribution in [0.3, 0.4) is 0 Å². The maximum absolute atomic E-state index is 6.02. The number of guanidine groups is 1. The first-order valence-corrected chi connectivity index (χ1v) is 9.36. The Morgan fingerprint density at radius 2 is 1.86 bits per heavy atom. The number of aliphatic imine (C=N–C) groups is 1. The number of hydrogen-bond donors (Lipinski definition) is 2. The molecule has 0 aliphatic carbocycles. The molecule has 146 valence electrons. The predicted octanol–water partition coefficient (Wildman–Crippen LogP) is 2.65. The molecule has 0 saturated carbocycles. The van der Waals surface area contributed by atoms with Crippen LogP contribution < -0.4 is 15.4 Å². The molecule has 7 heteroatoms. The number of nitrogens with one attached hydrogen (secondary N) is 2. The lowest BCUT2D eigenvalue weighted by atomic mass is 10.2. The number of benzene rings is 2. The van der Waals surface area contributed by atoms with Crippen molar-refractivity contribution in [3.05, 3.63) is 77.9 Å². The van der Waals surface area contributed by atoms with Crippen molar-refractivity contribution >= 4 is 5.96 Å². The van der Waals surface area contributed by atoms with Crippen LogP contribution in [0, 0.1) is 0 Å². The molecule has 0 aliphatic rings. The molecule has 0 radical (unpaired) electrons. The van der Waals surface area contributed by atoms with Crippen LogP contribution in [0.4, 0.5) is 0 Å². The highest BCUT2D eigenvalue weighted by Gasteiger charge is 2.06. The van der Waals surface area contributed by atoms with Gasteiger partial charge in [0.25, 0.3) is 0 Å². The van der Waals surface area contributed by atoms with Crippen molar-refractivity contribution < 1.29 is 4.74 Å². The van der Waals surface area contributed by atoms with Crippen LogP contribution in [-0.2, 0) is 26.7 Å². The largest absolute Gasteiger partial charge is 0.489 e. The molecule has 2 N–H and O–H groups in total. The number of hydrogen-bond acceptors (Lipinski definition) is 4. The summed E-state index contributed by atoms with van der Waals surface area (Å²) >= 11 is 0. The number of rotatable bonds is 8. The van der Waals surface area contributed by atoms with E-state index < -0.39 is 0 Å². The summed E-state index contributed by atoms with van der Waals surface area (Å²) in [5, 5.41) is 10.6. The van der Waals surface area contributed by atoms with Gasteiger partial charge in [0.15, 0.2) is 5.96 Å². The van der Waals surface area contributed by atoms with E-state index in [0.717, 1.165) is 35.2 Å². The summed E-state index contributed by atoms with van der Waals surface area (Å²) in [6.07, 6.45) is 1.54. The van der Waals surface area contributed by atoms with Gasteiger partial charge < -0.3 is 15.4 Å². The zero-order valence-corrected chi connectivity index (χ0v) is 16.3.